The second-order valence-corrected chi connectivity index (χ2v) is 6.22. The Morgan fingerprint density at radius 1 is 1.11 bits per heavy atom. The number of hydrogen-bond donors (Lipinski definition) is 2. The van der Waals surface area contributed by atoms with E-state index in [4.69, 9.17) is 0 Å². The van der Waals surface area contributed by atoms with Crippen molar-refractivity contribution in [2.24, 2.45) is 5.92 Å². The average molecular weight is 251 g/mol. The summed E-state index contributed by atoms with van der Waals surface area (Å²) in [5.41, 5.74) is 0. The summed E-state index contributed by atoms with van der Waals surface area (Å²) < 4.78 is 0. The number of nitrogens with zero attached hydrogens (tertiary/aromatic N) is 1. The van der Waals surface area contributed by atoms with Crippen LogP contribution in [0.15, 0.2) is 0 Å². The van der Waals surface area contributed by atoms with Gasteiger partial charge in [-0.3, -0.25) is 0 Å². The van der Waals surface area contributed by atoms with Crippen LogP contribution >= 0.6 is 0 Å². The van der Waals surface area contributed by atoms with E-state index in [0.29, 0.717) is 12.0 Å². The van der Waals surface area contributed by atoms with Crippen molar-refractivity contribution in [3.63, 3.8) is 0 Å². The Morgan fingerprint density at radius 3 is 2.61 bits per heavy atom. The molecule has 0 aromatic rings. The highest BCUT2D eigenvalue weighted by Gasteiger charge is 2.34. The summed E-state index contributed by atoms with van der Waals surface area (Å²) in [7, 11) is 0. The van der Waals surface area contributed by atoms with E-state index < -0.39 is 0 Å². The van der Waals surface area contributed by atoms with Gasteiger partial charge in [0, 0.05) is 25.2 Å². The fraction of sp³-hybridized carbons (Fsp3) is 0.929. The van der Waals surface area contributed by atoms with Gasteiger partial charge in [-0.2, -0.15) is 0 Å². The summed E-state index contributed by atoms with van der Waals surface area (Å²) in [6.07, 6.45) is 8.89. The molecule has 0 radical (unpaired) electrons. The maximum Gasteiger partial charge on any atom is 0.315 e. The second-order valence-electron chi connectivity index (χ2n) is 6.22. The molecule has 102 valence electrons. The molecule has 1 heterocycles. The molecular formula is C14H25N3O. The first-order valence-corrected chi connectivity index (χ1v) is 7.59. The minimum atomic E-state index is 0.0479. The highest BCUT2D eigenvalue weighted by atomic mass is 16.2. The van der Waals surface area contributed by atoms with Gasteiger partial charge in [0.1, 0.15) is 0 Å². The maximum atomic E-state index is 11.7. The Kier molecular flexibility index (Phi) is 3.73. The zero-order chi connectivity index (χ0) is 12.4. The molecule has 2 N–H and O–H groups in total. The van der Waals surface area contributed by atoms with Crippen LogP contribution in [0, 0.1) is 5.92 Å². The highest BCUT2D eigenvalue weighted by molar-refractivity contribution is 5.74. The van der Waals surface area contributed by atoms with Gasteiger partial charge in [0.2, 0.25) is 0 Å². The molecule has 1 saturated heterocycles. The lowest BCUT2D eigenvalue weighted by molar-refractivity contribution is 0.234. The molecule has 0 aromatic carbocycles. The first kappa shape index (κ1) is 12.3. The molecule has 18 heavy (non-hydrogen) atoms. The highest BCUT2D eigenvalue weighted by Crippen LogP contribution is 2.31. The summed E-state index contributed by atoms with van der Waals surface area (Å²) in [6, 6.07) is 1.35. The van der Waals surface area contributed by atoms with Crippen molar-refractivity contribution < 1.29 is 4.79 Å². The normalized spacial score (nSPS) is 29.7. The van der Waals surface area contributed by atoms with Gasteiger partial charge in [0.15, 0.2) is 0 Å². The van der Waals surface area contributed by atoms with Gasteiger partial charge in [-0.15, -0.1) is 0 Å². The molecule has 1 atom stereocenters. The fourth-order valence-corrected chi connectivity index (χ4v) is 3.34. The largest absolute Gasteiger partial charge is 0.338 e. The van der Waals surface area contributed by atoms with Gasteiger partial charge in [0.05, 0.1) is 0 Å². The smallest absolute Gasteiger partial charge is 0.315 e. The van der Waals surface area contributed by atoms with Gasteiger partial charge >= 0.3 is 6.03 Å². The molecule has 2 aliphatic carbocycles. The Bertz CT molecular complexity index is 297. The molecule has 3 fully saturated rings. The molecule has 4 nitrogen and oxygen atoms in total. The van der Waals surface area contributed by atoms with Crippen molar-refractivity contribution in [2.75, 3.05) is 19.6 Å². The number of nitrogens with one attached hydrogen (secondary N) is 2. The molecule has 3 aliphatic rings. The topological polar surface area (TPSA) is 44.4 Å². The number of urea groups is 1. The quantitative estimate of drug-likeness (QED) is 0.799. The van der Waals surface area contributed by atoms with Crippen LogP contribution in [-0.4, -0.2) is 42.6 Å². The van der Waals surface area contributed by atoms with Gasteiger partial charge in [-0.05, 0) is 44.6 Å². The average Bonchev–Trinajstić information content (AvgIpc) is 2.90. The molecule has 0 spiro atoms. The van der Waals surface area contributed by atoms with Gasteiger partial charge in [0.25, 0.3) is 0 Å². The van der Waals surface area contributed by atoms with Gasteiger partial charge in [-0.1, -0.05) is 12.8 Å². The van der Waals surface area contributed by atoms with Crippen molar-refractivity contribution in [3.8, 4) is 0 Å². The summed E-state index contributed by atoms with van der Waals surface area (Å²) >= 11 is 0. The van der Waals surface area contributed by atoms with Crippen molar-refractivity contribution >= 4 is 6.03 Å². The zero-order valence-corrected chi connectivity index (χ0v) is 11.2. The molecule has 0 bridgehead atoms. The SMILES string of the molecule is O=C(NCC1CCN(C2CC2)C1)NC1CCCC1. The number of carbonyl (C=O) groups excluding carboxylic acids is 1. The van der Waals surface area contributed by atoms with E-state index in [-0.39, 0.29) is 6.03 Å². The molecular weight excluding hydrogens is 226 g/mol. The molecule has 0 aromatic heterocycles. The van der Waals surface area contributed by atoms with E-state index in [1.807, 2.05) is 0 Å². The minimum absolute atomic E-state index is 0.0479. The molecule has 2 saturated carbocycles. The van der Waals surface area contributed by atoms with Crippen molar-refractivity contribution in [2.45, 2.75) is 57.0 Å². The Hall–Kier alpha value is -0.770. The van der Waals surface area contributed by atoms with Crippen LogP contribution in [-0.2, 0) is 0 Å². The van der Waals surface area contributed by atoms with E-state index in [0.717, 1.165) is 25.4 Å². The van der Waals surface area contributed by atoms with E-state index in [9.17, 15) is 4.79 Å². The molecule has 1 unspecified atom stereocenters. The third kappa shape index (κ3) is 3.16. The first-order valence-electron chi connectivity index (χ1n) is 7.59. The van der Waals surface area contributed by atoms with Gasteiger partial charge in [-0.25, -0.2) is 4.79 Å². The van der Waals surface area contributed by atoms with Crippen molar-refractivity contribution in [1.29, 1.82) is 0 Å². The predicted octanol–water partition coefficient (Wildman–Crippen LogP) is 1.71. The third-order valence-corrected chi connectivity index (χ3v) is 4.62. The Labute approximate surface area is 109 Å². The van der Waals surface area contributed by atoms with E-state index in [1.165, 1.54) is 45.2 Å². The van der Waals surface area contributed by atoms with E-state index in [1.54, 1.807) is 0 Å². The summed E-state index contributed by atoms with van der Waals surface area (Å²) in [5.74, 6) is 0.667. The number of hydrogen-bond acceptors (Lipinski definition) is 2. The molecule has 1 aliphatic heterocycles. The lowest BCUT2D eigenvalue weighted by Crippen LogP contribution is -2.43. The van der Waals surface area contributed by atoms with Crippen LogP contribution in [0.25, 0.3) is 0 Å². The molecule has 2 amide bonds. The second kappa shape index (κ2) is 5.47. The van der Waals surface area contributed by atoms with E-state index >= 15 is 0 Å². The number of amides is 2. The van der Waals surface area contributed by atoms with Crippen LogP contribution < -0.4 is 10.6 Å². The summed E-state index contributed by atoms with van der Waals surface area (Å²) in [4.78, 5) is 14.3. The lowest BCUT2D eigenvalue weighted by Gasteiger charge is -2.16. The standard InChI is InChI=1S/C14H25N3O/c18-14(16-12-3-1-2-4-12)15-9-11-7-8-17(10-11)13-5-6-13/h11-13H,1-10H2,(H2,15,16,18). The van der Waals surface area contributed by atoms with Crippen molar-refractivity contribution in [3.05, 3.63) is 0 Å². The Balaban J connectivity index is 1.32. The Morgan fingerprint density at radius 2 is 1.89 bits per heavy atom. The maximum absolute atomic E-state index is 11.7. The number of likely N-dealkylation sites (tertiary alicyclic amines) is 1. The van der Waals surface area contributed by atoms with Crippen LogP contribution in [0.4, 0.5) is 4.79 Å². The third-order valence-electron chi connectivity index (χ3n) is 4.62. The number of rotatable bonds is 4. The summed E-state index contributed by atoms with van der Waals surface area (Å²) in [6.45, 7) is 3.28. The van der Waals surface area contributed by atoms with Gasteiger partial charge < -0.3 is 15.5 Å². The van der Waals surface area contributed by atoms with Crippen molar-refractivity contribution in [1.82, 2.24) is 15.5 Å². The first-order chi connectivity index (χ1) is 8.81. The molecule has 3 rings (SSSR count). The monoisotopic (exact) mass is 251 g/mol. The minimum Gasteiger partial charge on any atom is -0.338 e. The zero-order valence-electron chi connectivity index (χ0n) is 11.2. The summed E-state index contributed by atoms with van der Waals surface area (Å²) in [5, 5.41) is 6.14. The number of carbonyl (C=O) groups is 1. The van der Waals surface area contributed by atoms with Crippen LogP contribution in [0.1, 0.15) is 44.9 Å². The van der Waals surface area contributed by atoms with Crippen LogP contribution in [0.2, 0.25) is 0 Å². The van der Waals surface area contributed by atoms with E-state index in [2.05, 4.69) is 15.5 Å². The lowest BCUT2D eigenvalue weighted by atomic mass is 10.1. The fourth-order valence-electron chi connectivity index (χ4n) is 3.34. The van der Waals surface area contributed by atoms with Crippen LogP contribution in [0.3, 0.4) is 0 Å². The predicted molar refractivity (Wildman–Crippen MR) is 71.5 cm³/mol. The van der Waals surface area contributed by atoms with Crippen LogP contribution in [0.5, 0.6) is 0 Å². The molecule has 4 heteroatoms.